The van der Waals surface area contributed by atoms with Crippen molar-refractivity contribution >= 4 is 17.9 Å². The Hall–Kier alpha value is -2.89. The van der Waals surface area contributed by atoms with Crippen molar-refractivity contribution in [1.82, 2.24) is 0 Å². The van der Waals surface area contributed by atoms with Crippen molar-refractivity contribution in [3.63, 3.8) is 0 Å². The highest BCUT2D eigenvalue weighted by Gasteiger charge is 2.19. The Balaban J connectivity index is 4.46. The Bertz CT molecular complexity index is 991. The van der Waals surface area contributed by atoms with Crippen molar-refractivity contribution in [3.8, 4) is 0 Å². The summed E-state index contributed by atoms with van der Waals surface area (Å²) in [5, 5.41) is 0. The fourth-order valence-corrected chi connectivity index (χ4v) is 5.68. The molecule has 0 aliphatic rings. The number of allylic oxidation sites excluding steroid dienone is 10. The van der Waals surface area contributed by atoms with Crippen LogP contribution in [-0.2, 0) is 28.6 Å². The lowest BCUT2D eigenvalue weighted by Gasteiger charge is -2.18. The van der Waals surface area contributed by atoms with Gasteiger partial charge in [-0.05, 0) is 89.9 Å². The van der Waals surface area contributed by atoms with Crippen LogP contribution in [0.1, 0.15) is 201 Å². The second-order valence-electron chi connectivity index (χ2n) is 14.2. The van der Waals surface area contributed by atoms with E-state index in [1.165, 1.54) is 44.9 Å². The lowest BCUT2D eigenvalue weighted by molar-refractivity contribution is -0.167. The fraction of sp³-hybridized carbons (Fsp3) is 0.723. The molecular weight excluding hydrogens is 661 g/mol. The molecule has 304 valence electrons. The first-order chi connectivity index (χ1) is 26.0. The zero-order valence-electron chi connectivity index (χ0n) is 34.5. The molecule has 0 amide bonds. The Labute approximate surface area is 326 Å². The summed E-state index contributed by atoms with van der Waals surface area (Å²) in [5.41, 5.74) is 0. The Morgan fingerprint density at radius 2 is 0.811 bits per heavy atom. The van der Waals surface area contributed by atoms with Crippen LogP contribution in [0.4, 0.5) is 0 Å². The van der Waals surface area contributed by atoms with Crippen LogP contribution in [0.5, 0.6) is 0 Å². The summed E-state index contributed by atoms with van der Waals surface area (Å²) in [4.78, 5) is 37.6. The molecule has 0 aliphatic heterocycles. The normalized spacial score (nSPS) is 12.6. The lowest BCUT2D eigenvalue weighted by atomic mass is 10.1. The first kappa shape index (κ1) is 50.1. The second kappa shape index (κ2) is 41.9. The SMILES string of the molecule is CC/C=C\C/C=C\CCCCCCCC(=O)OCC(COC(=O)CCCCC/C=C\C=C/CCCC)OC(=O)CCCCCCC/C=C\CCCCC. The number of hydrogen-bond donors (Lipinski definition) is 0. The minimum absolute atomic E-state index is 0.0944. The number of esters is 3. The molecular formula is C47H80O6. The van der Waals surface area contributed by atoms with Crippen molar-refractivity contribution in [2.24, 2.45) is 0 Å². The van der Waals surface area contributed by atoms with Crippen molar-refractivity contribution in [2.45, 2.75) is 207 Å². The molecule has 0 radical (unpaired) electrons. The molecule has 0 aromatic carbocycles. The minimum atomic E-state index is -0.791. The number of carbonyl (C=O) groups is 3. The van der Waals surface area contributed by atoms with E-state index in [9.17, 15) is 14.4 Å². The van der Waals surface area contributed by atoms with Crippen LogP contribution in [-0.4, -0.2) is 37.2 Å². The summed E-state index contributed by atoms with van der Waals surface area (Å²) in [6.45, 7) is 6.38. The van der Waals surface area contributed by atoms with Crippen molar-refractivity contribution in [2.75, 3.05) is 13.2 Å². The summed E-state index contributed by atoms with van der Waals surface area (Å²) < 4.78 is 16.6. The van der Waals surface area contributed by atoms with Crippen LogP contribution < -0.4 is 0 Å². The molecule has 0 saturated carbocycles. The van der Waals surface area contributed by atoms with Crippen LogP contribution in [0.25, 0.3) is 0 Å². The maximum Gasteiger partial charge on any atom is 0.306 e. The quantitative estimate of drug-likeness (QED) is 0.0206. The van der Waals surface area contributed by atoms with E-state index in [1.54, 1.807) is 0 Å². The molecule has 0 bridgehead atoms. The molecule has 0 aliphatic carbocycles. The number of hydrogen-bond acceptors (Lipinski definition) is 6. The van der Waals surface area contributed by atoms with Crippen LogP contribution >= 0.6 is 0 Å². The molecule has 0 heterocycles. The van der Waals surface area contributed by atoms with Crippen LogP contribution in [0.3, 0.4) is 0 Å². The van der Waals surface area contributed by atoms with Gasteiger partial charge in [0, 0.05) is 19.3 Å². The van der Waals surface area contributed by atoms with Crippen molar-refractivity contribution in [1.29, 1.82) is 0 Å². The van der Waals surface area contributed by atoms with Gasteiger partial charge < -0.3 is 14.2 Å². The zero-order valence-corrected chi connectivity index (χ0v) is 34.5. The average Bonchev–Trinajstić information content (AvgIpc) is 3.15. The van der Waals surface area contributed by atoms with Gasteiger partial charge in [-0.15, -0.1) is 0 Å². The van der Waals surface area contributed by atoms with E-state index in [2.05, 4.69) is 81.5 Å². The molecule has 0 saturated heterocycles. The van der Waals surface area contributed by atoms with Crippen molar-refractivity contribution < 1.29 is 28.6 Å². The fourth-order valence-electron chi connectivity index (χ4n) is 5.68. The van der Waals surface area contributed by atoms with Gasteiger partial charge in [0.15, 0.2) is 6.10 Å². The highest BCUT2D eigenvalue weighted by molar-refractivity contribution is 5.71. The molecule has 6 nitrogen and oxygen atoms in total. The van der Waals surface area contributed by atoms with E-state index in [-0.39, 0.29) is 31.1 Å². The average molecular weight is 741 g/mol. The predicted molar refractivity (Wildman–Crippen MR) is 224 cm³/mol. The predicted octanol–water partition coefficient (Wildman–Crippen LogP) is 13.7. The van der Waals surface area contributed by atoms with E-state index in [0.29, 0.717) is 19.3 Å². The lowest BCUT2D eigenvalue weighted by Crippen LogP contribution is -2.30. The molecule has 0 rings (SSSR count). The minimum Gasteiger partial charge on any atom is -0.462 e. The number of unbranched alkanes of at least 4 members (excludes halogenated alkanes) is 18. The molecule has 6 heteroatoms. The molecule has 0 spiro atoms. The van der Waals surface area contributed by atoms with Crippen molar-refractivity contribution in [3.05, 3.63) is 60.8 Å². The highest BCUT2D eigenvalue weighted by atomic mass is 16.6. The van der Waals surface area contributed by atoms with Crippen LogP contribution in [0, 0.1) is 0 Å². The maximum atomic E-state index is 12.7. The van der Waals surface area contributed by atoms with E-state index < -0.39 is 6.10 Å². The molecule has 0 fully saturated rings. The summed E-state index contributed by atoms with van der Waals surface area (Å²) in [6.07, 6.45) is 49.2. The maximum absolute atomic E-state index is 12.7. The van der Waals surface area contributed by atoms with Gasteiger partial charge in [-0.25, -0.2) is 0 Å². The van der Waals surface area contributed by atoms with E-state index in [1.807, 2.05) is 0 Å². The van der Waals surface area contributed by atoms with Gasteiger partial charge in [0.05, 0.1) is 0 Å². The largest absolute Gasteiger partial charge is 0.462 e. The smallest absolute Gasteiger partial charge is 0.306 e. The number of carbonyl (C=O) groups excluding carboxylic acids is 3. The second-order valence-corrected chi connectivity index (χ2v) is 14.2. The molecule has 0 aromatic rings. The molecule has 1 atom stereocenters. The first-order valence-electron chi connectivity index (χ1n) is 21.8. The van der Waals surface area contributed by atoms with Gasteiger partial charge in [-0.3, -0.25) is 14.4 Å². The van der Waals surface area contributed by atoms with Crippen LogP contribution in [0.15, 0.2) is 60.8 Å². The summed E-state index contributed by atoms with van der Waals surface area (Å²) in [7, 11) is 0. The van der Waals surface area contributed by atoms with E-state index >= 15 is 0 Å². The summed E-state index contributed by atoms with van der Waals surface area (Å²) in [5.74, 6) is -0.953. The molecule has 0 N–H and O–H groups in total. The summed E-state index contributed by atoms with van der Waals surface area (Å²) >= 11 is 0. The zero-order chi connectivity index (χ0) is 38.7. The van der Waals surface area contributed by atoms with Crippen LogP contribution in [0.2, 0.25) is 0 Å². The monoisotopic (exact) mass is 741 g/mol. The first-order valence-corrected chi connectivity index (χ1v) is 21.8. The van der Waals surface area contributed by atoms with Gasteiger partial charge in [0.2, 0.25) is 0 Å². The van der Waals surface area contributed by atoms with Gasteiger partial charge >= 0.3 is 17.9 Å². The standard InChI is InChI=1S/C47H80O6/c1-4-7-10-13-16-19-22-25-28-31-34-37-40-46(49)52-43-44(42-51-45(48)39-36-33-30-27-24-21-18-15-12-9-6-3)53-47(50)41-38-35-32-29-26-23-20-17-14-11-8-5-2/h7,10,15-21,24,44H,4-6,8-9,11-14,22-23,25-43H2,1-3H3/b10-7-,18-15-,19-16-,20-17-,24-21-. The third-order valence-corrected chi connectivity index (χ3v) is 9.00. The Morgan fingerprint density at radius 1 is 0.415 bits per heavy atom. The number of ether oxygens (including phenoxy) is 3. The Kier molecular flexibility index (Phi) is 39.6. The summed E-state index contributed by atoms with van der Waals surface area (Å²) in [6, 6.07) is 0. The third-order valence-electron chi connectivity index (χ3n) is 9.00. The highest BCUT2D eigenvalue weighted by Crippen LogP contribution is 2.12. The van der Waals surface area contributed by atoms with Gasteiger partial charge in [-0.2, -0.15) is 0 Å². The van der Waals surface area contributed by atoms with Gasteiger partial charge in [0.25, 0.3) is 0 Å². The topological polar surface area (TPSA) is 78.9 Å². The number of rotatable bonds is 38. The molecule has 1 unspecified atom stereocenters. The molecule has 53 heavy (non-hydrogen) atoms. The third kappa shape index (κ3) is 40.1. The Morgan fingerprint density at radius 3 is 1.34 bits per heavy atom. The van der Waals surface area contributed by atoms with Gasteiger partial charge in [-0.1, -0.05) is 152 Å². The molecule has 0 aromatic heterocycles. The van der Waals surface area contributed by atoms with E-state index in [4.69, 9.17) is 14.2 Å². The van der Waals surface area contributed by atoms with Gasteiger partial charge in [0.1, 0.15) is 13.2 Å². The van der Waals surface area contributed by atoms with E-state index in [0.717, 1.165) is 116 Å².